The molecule has 0 bridgehead atoms. The highest BCUT2D eigenvalue weighted by molar-refractivity contribution is 7.13. The van der Waals surface area contributed by atoms with Crippen molar-refractivity contribution in [3.8, 4) is 0 Å². The molecule has 9 heteroatoms. The molecule has 0 saturated heterocycles. The predicted octanol–water partition coefficient (Wildman–Crippen LogP) is 4.07. The molecule has 0 atom stereocenters. The summed E-state index contributed by atoms with van der Waals surface area (Å²) in [6.45, 7) is -0.0190. The van der Waals surface area contributed by atoms with Gasteiger partial charge in [-0.3, -0.25) is 4.79 Å². The third-order valence-electron chi connectivity index (χ3n) is 3.35. The zero-order valence-corrected chi connectivity index (χ0v) is 14.9. The minimum absolute atomic E-state index is 0.0190. The second-order valence-corrected chi connectivity index (χ2v) is 6.61. The molecule has 0 aliphatic carbocycles. The van der Waals surface area contributed by atoms with Gasteiger partial charge in [-0.05, 0) is 18.2 Å². The van der Waals surface area contributed by atoms with Crippen LogP contribution in [0.25, 0.3) is 0 Å². The van der Waals surface area contributed by atoms with Gasteiger partial charge in [-0.1, -0.05) is 17.7 Å². The van der Waals surface area contributed by atoms with Crippen LogP contribution >= 0.6 is 22.9 Å². The van der Waals surface area contributed by atoms with Crippen LogP contribution in [0.4, 0.5) is 19.7 Å². The van der Waals surface area contributed by atoms with E-state index in [0.717, 1.165) is 12.1 Å². The molecule has 1 amide bonds. The Kier molecular flexibility index (Phi) is 5.75. The fraction of sp³-hybridized carbons (Fsp3) is 0.118. The Hall–Kier alpha value is -2.58. The number of nitrogens with zero attached hydrogens (tertiary/aromatic N) is 2. The summed E-state index contributed by atoms with van der Waals surface area (Å²) in [6, 6.07) is 6.65. The van der Waals surface area contributed by atoms with Crippen molar-refractivity contribution in [1.29, 1.82) is 0 Å². The minimum atomic E-state index is -0.694. The van der Waals surface area contributed by atoms with E-state index in [4.69, 9.17) is 11.6 Å². The number of hydrogen-bond donors (Lipinski definition) is 2. The molecule has 2 N–H and O–H groups in total. The number of aromatic nitrogens is 2. The van der Waals surface area contributed by atoms with Crippen LogP contribution < -0.4 is 10.6 Å². The molecule has 0 radical (unpaired) electrons. The maximum Gasteiger partial charge on any atom is 0.226 e. The summed E-state index contributed by atoms with van der Waals surface area (Å²) in [5.74, 6) is -1.07. The van der Waals surface area contributed by atoms with E-state index in [1.807, 2.05) is 0 Å². The van der Waals surface area contributed by atoms with Crippen molar-refractivity contribution in [3.05, 3.63) is 69.8 Å². The number of anilines is 2. The van der Waals surface area contributed by atoms with Gasteiger partial charge in [-0.25, -0.2) is 18.7 Å². The first-order valence-electron chi connectivity index (χ1n) is 7.53. The highest BCUT2D eigenvalue weighted by Crippen LogP contribution is 2.20. The Balaban J connectivity index is 1.53. The molecule has 5 nitrogen and oxygen atoms in total. The number of thiazole rings is 1. The molecule has 0 aliphatic heterocycles. The Bertz CT molecular complexity index is 917. The summed E-state index contributed by atoms with van der Waals surface area (Å²) < 4.78 is 26.4. The average molecular weight is 395 g/mol. The van der Waals surface area contributed by atoms with Gasteiger partial charge < -0.3 is 10.6 Å². The number of nitrogens with one attached hydrogen (secondary N) is 2. The molecule has 2 heterocycles. The summed E-state index contributed by atoms with van der Waals surface area (Å²) >= 11 is 7.11. The van der Waals surface area contributed by atoms with E-state index in [1.165, 1.54) is 23.6 Å². The van der Waals surface area contributed by atoms with Crippen molar-refractivity contribution >= 4 is 39.8 Å². The smallest absolute Gasteiger partial charge is 0.226 e. The Morgan fingerprint density at radius 1 is 1.23 bits per heavy atom. The lowest BCUT2D eigenvalue weighted by atomic mass is 10.2. The predicted molar refractivity (Wildman–Crippen MR) is 96.6 cm³/mol. The van der Waals surface area contributed by atoms with Crippen molar-refractivity contribution in [1.82, 2.24) is 15.3 Å². The second kappa shape index (κ2) is 8.20. The van der Waals surface area contributed by atoms with Gasteiger partial charge in [0.2, 0.25) is 5.91 Å². The first-order valence-corrected chi connectivity index (χ1v) is 8.79. The normalized spacial score (nSPS) is 10.6. The van der Waals surface area contributed by atoms with Gasteiger partial charge in [0.25, 0.3) is 0 Å². The first kappa shape index (κ1) is 18.2. The molecule has 3 aromatic rings. The molecular weight excluding hydrogens is 382 g/mol. The third kappa shape index (κ3) is 4.96. The van der Waals surface area contributed by atoms with Crippen LogP contribution in [0, 0.1) is 11.6 Å². The van der Waals surface area contributed by atoms with E-state index in [0.29, 0.717) is 21.7 Å². The molecule has 0 spiro atoms. The number of amides is 1. The van der Waals surface area contributed by atoms with Crippen molar-refractivity contribution in [3.63, 3.8) is 0 Å². The average Bonchev–Trinajstić information content (AvgIpc) is 3.03. The molecule has 134 valence electrons. The third-order valence-corrected chi connectivity index (χ3v) is 4.38. The Morgan fingerprint density at radius 2 is 2.08 bits per heavy atom. The SMILES string of the molecule is O=C(Cc1csc(Nc2ccc(Cl)cn2)n1)NCc1ccc(F)cc1F. The second-order valence-electron chi connectivity index (χ2n) is 5.32. The van der Waals surface area contributed by atoms with Gasteiger partial charge in [0, 0.05) is 29.8 Å². The lowest BCUT2D eigenvalue weighted by Crippen LogP contribution is -2.25. The van der Waals surface area contributed by atoms with Gasteiger partial charge in [-0.15, -0.1) is 11.3 Å². The van der Waals surface area contributed by atoms with Crippen LogP contribution in [0.5, 0.6) is 0 Å². The van der Waals surface area contributed by atoms with Gasteiger partial charge in [0.1, 0.15) is 17.5 Å². The van der Waals surface area contributed by atoms with Crippen molar-refractivity contribution in [2.75, 3.05) is 5.32 Å². The van der Waals surface area contributed by atoms with E-state index < -0.39 is 11.6 Å². The molecule has 3 rings (SSSR count). The Labute approximate surface area is 157 Å². The number of rotatable bonds is 6. The maximum atomic E-state index is 13.5. The van der Waals surface area contributed by atoms with E-state index in [-0.39, 0.29) is 24.4 Å². The molecule has 1 aromatic carbocycles. The van der Waals surface area contributed by atoms with E-state index >= 15 is 0 Å². The molecule has 0 fully saturated rings. The fourth-order valence-corrected chi connectivity index (χ4v) is 2.92. The number of hydrogen-bond acceptors (Lipinski definition) is 5. The molecule has 26 heavy (non-hydrogen) atoms. The standard InChI is InChI=1S/C17H13ClF2N4OS/c18-11-2-4-15(21-8-11)24-17-23-13(9-26-17)6-16(25)22-7-10-1-3-12(19)5-14(10)20/h1-5,8-9H,6-7H2,(H,22,25)(H,21,23,24). The number of carbonyl (C=O) groups is 1. The highest BCUT2D eigenvalue weighted by Gasteiger charge is 2.10. The summed E-state index contributed by atoms with van der Waals surface area (Å²) in [4.78, 5) is 20.4. The van der Waals surface area contributed by atoms with Gasteiger partial charge >= 0.3 is 0 Å². The van der Waals surface area contributed by atoms with Crippen LogP contribution in [0.3, 0.4) is 0 Å². The molecular formula is C17H13ClF2N4OS. The van der Waals surface area contributed by atoms with Crippen LogP contribution in [0.15, 0.2) is 41.9 Å². The lowest BCUT2D eigenvalue weighted by molar-refractivity contribution is -0.120. The monoisotopic (exact) mass is 394 g/mol. The number of pyridine rings is 1. The van der Waals surface area contributed by atoms with E-state index in [1.54, 1.807) is 17.5 Å². The maximum absolute atomic E-state index is 13.5. The van der Waals surface area contributed by atoms with Crippen LogP contribution in [-0.4, -0.2) is 15.9 Å². The minimum Gasteiger partial charge on any atom is -0.352 e. The van der Waals surface area contributed by atoms with Crippen molar-refractivity contribution in [2.24, 2.45) is 0 Å². The van der Waals surface area contributed by atoms with Crippen molar-refractivity contribution < 1.29 is 13.6 Å². The summed E-state index contributed by atoms with van der Waals surface area (Å²) in [6.07, 6.45) is 1.56. The quantitative estimate of drug-likeness (QED) is 0.661. The van der Waals surface area contributed by atoms with Crippen LogP contribution in [-0.2, 0) is 17.8 Å². The molecule has 2 aromatic heterocycles. The van der Waals surface area contributed by atoms with Gasteiger partial charge in [0.15, 0.2) is 5.13 Å². The van der Waals surface area contributed by atoms with Gasteiger partial charge in [0.05, 0.1) is 17.1 Å². The largest absolute Gasteiger partial charge is 0.352 e. The molecule has 0 aliphatic rings. The van der Waals surface area contributed by atoms with E-state index in [9.17, 15) is 13.6 Å². The van der Waals surface area contributed by atoms with Crippen LogP contribution in [0.2, 0.25) is 5.02 Å². The first-order chi connectivity index (χ1) is 12.5. The van der Waals surface area contributed by atoms with Crippen LogP contribution in [0.1, 0.15) is 11.3 Å². The van der Waals surface area contributed by atoms with E-state index in [2.05, 4.69) is 20.6 Å². The zero-order valence-electron chi connectivity index (χ0n) is 13.3. The Morgan fingerprint density at radius 3 is 2.81 bits per heavy atom. The lowest BCUT2D eigenvalue weighted by Gasteiger charge is -2.05. The summed E-state index contributed by atoms with van der Waals surface area (Å²) in [5, 5.41) is 8.47. The fourth-order valence-electron chi connectivity index (χ4n) is 2.09. The van der Waals surface area contributed by atoms with Gasteiger partial charge in [-0.2, -0.15) is 0 Å². The zero-order chi connectivity index (χ0) is 18.5. The molecule has 0 saturated carbocycles. The number of benzene rings is 1. The topological polar surface area (TPSA) is 66.9 Å². The summed E-state index contributed by atoms with van der Waals surface area (Å²) in [7, 11) is 0. The van der Waals surface area contributed by atoms with Crippen molar-refractivity contribution in [2.45, 2.75) is 13.0 Å². The number of halogens is 3. The summed E-state index contributed by atoms with van der Waals surface area (Å²) in [5.41, 5.74) is 0.790. The molecule has 0 unspecified atom stereocenters. The highest BCUT2D eigenvalue weighted by atomic mass is 35.5. The number of carbonyl (C=O) groups excluding carboxylic acids is 1.